The second kappa shape index (κ2) is 15.6. The summed E-state index contributed by atoms with van der Waals surface area (Å²) in [6.07, 6.45) is 2.52. The van der Waals surface area contributed by atoms with E-state index in [1.54, 1.807) is 19.3 Å². The standard InChI is InChI=1S/C41H43F4N7O8S/c1-39(15-16-39)61(57,58)50-38(56)40-21-23(40)8-6-4-3-5-7-9-31(46-34(53)30-14-17-51(2)49-30)37(55)52-22-26(20-33(52)35(54)48-40)59-36-29-18-24(42)10-12-27(29)28-13-11-25(19-32(28)47-36)60-41(43,44)45/h6,8,10-14,17-19,23,26,31,33H,3-5,7,9,15-16,20-22H2,1-2H3,(H,46,53)(H,48,54)(H,50,56)/b8-6-/t23-,26-,31+,33+,40-/m1/s1. The lowest BCUT2D eigenvalue weighted by Gasteiger charge is -2.30. The summed E-state index contributed by atoms with van der Waals surface area (Å²) in [5.74, 6) is -4.94. The molecule has 4 heterocycles. The first-order valence-electron chi connectivity index (χ1n) is 20.0. The molecule has 0 bridgehead atoms. The SMILES string of the molecule is Cn1ccc(C(=O)N[C@H]2CCCCC/C=C\[C@@H]3C[C@@]3(C(=O)NS(=O)(=O)C3(C)CC3)NC(=O)[C@@H]3C[C@@H](Oc4nc5cc(OC(F)(F)F)ccc5c5ccc(F)cc45)CN3C2=O)n1. The molecule has 61 heavy (non-hydrogen) atoms. The Labute approximate surface area is 347 Å². The van der Waals surface area contributed by atoms with Crippen LogP contribution in [0.2, 0.25) is 0 Å². The average Bonchev–Trinajstić information content (AvgIpc) is 3.99. The van der Waals surface area contributed by atoms with Crippen LogP contribution < -0.4 is 24.8 Å². The van der Waals surface area contributed by atoms with Gasteiger partial charge in [0.05, 0.1) is 16.8 Å². The molecule has 324 valence electrons. The highest BCUT2D eigenvalue weighted by molar-refractivity contribution is 7.91. The summed E-state index contributed by atoms with van der Waals surface area (Å²) in [7, 11) is -2.46. The minimum absolute atomic E-state index is 0.0191. The van der Waals surface area contributed by atoms with Crippen molar-refractivity contribution >= 4 is 55.3 Å². The van der Waals surface area contributed by atoms with Crippen molar-refractivity contribution in [3.63, 3.8) is 0 Å². The van der Waals surface area contributed by atoms with Crippen LogP contribution in [0.15, 0.2) is 60.8 Å². The topological polar surface area (TPSA) is 191 Å². The molecule has 4 aromatic rings. The molecular weight excluding hydrogens is 827 g/mol. The zero-order valence-electron chi connectivity index (χ0n) is 33.1. The number of allylic oxidation sites excluding steroid dienone is 1. The molecule has 8 rings (SSSR count). The molecular formula is C41H43F4N7O8S. The molecule has 0 radical (unpaired) electrons. The third-order valence-corrected chi connectivity index (χ3v) is 14.1. The number of aromatic nitrogens is 3. The first-order chi connectivity index (χ1) is 28.8. The monoisotopic (exact) mass is 869 g/mol. The van der Waals surface area contributed by atoms with Gasteiger partial charge in [0.15, 0.2) is 0 Å². The molecule has 2 aliphatic heterocycles. The van der Waals surface area contributed by atoms with Gasteiger partial charge in [-0.15, -0.1) is 13.2 Å². The molecule has 0 spiro atoms. The highest BCUT2D eigenvalue weighted by atomic mass is 32.2. The smallest absolute Gasteiger partial charge is 0.472 e. The second-order valence-corrected chi connectivity index (χ2v) is 18.6. The van der Waals surface area contributed by atoms with Crippen molar-refractivity contribution in [3.05, 3.63) is 72.3 Å². The van der Waals surface area contributed by atoms with Gasteiger partial charge in [-0.1, -0.05) is 31.1 Å². The minimum atomic E-state index is -4.99. The summed E-state index contributed by atoms with van der Waals surface area (Å²) in [6, 6.07) is 6.25. The van der Waals surface area contributed by atoms with Gasteiger partial charge in [-0.3, -0.25) is 28.6 Å². The van der Waals surface area contributed by atoms with E-state index in [-0.39, 0.29) is 48.3 Å². The molecule has 20 heteroatoms. The van der Waals surface area contributed by atoms with E-state index in [2.05, 4.69) is 30.2 Å². The fourth-order valence-electron chi connectivity index (χ4n) is 8.09. The molecule has 4 amide bonds. The number of rotatable bonds is 8. The van der Waals surface area contributed by atoms with Crippen molar-refractivity contribution in [2.24, 2.45) is 13.0 Å². The first kappa shape index (κ1) is 41.9. The third kappa shape index (κ3) is 8.58. The molecule has 3 N–H and O–H groups in total. The number of halogens is 4. The highest BCUT2D eigenvalue weighted by Crippen LogP contribution is 2.48. The number of amides is 4. The van der Waals surface area contributed by atoms with E-state index in [9.17, 15) is 45.2 Å². The van der Waals surface area contributed by atoms with Crippen LogP contribution >= 0.6 is 0 Å². The summed E-state index contributed by atoms with van der Waals surface area (Å²) >= 11 is 0. The number of nitrogens with zero attached hydrogens (tertiary/aromatic N) is 4. The summed E-state index contributed by atoms with van der Waals surface area (Å²) in [6.45, 7) is 1.26. The number of carbonyl (C=O) groups excluding carboxylic acids is 4. The van der Waals surface area contributed by atoms with Gasteiger partial charge < -0.3 is 25.0 Å². The largest absolute Gasteiger partial charge is 0.573 e. The summed E-state index contributed by atoms with van der Waals surface area (Å²) in [5.41, 5.74) is -1.58. The fourth-order valence-corrected chi connectivity index (χ4v) is 9.40. The average molecular weight is 870 g/mol. The van der Waals surface area contributed by atoms with Gasteiger partial charge in [0, 0.05) is 42.4 Å². The van der Waals surface area contributed by atoms with Gasteiger partial charge in [-0.05, 0) is 81.2 Å². The van der Waals surface area contributed by atoms with Crippen LogP contribution in [0, 0.1) is 11.7 Å². The molecule has 2 saturated carbocycles. The van der Waals surface area contributed by atoms with Crippen molar-refractivity contribution in [2.45, 2.75) is 99.5 Å². The third-order valence-electron chi connectivity index (χ3n) is 11.9. The molecule has 15 nitrogen and oxygen atoms in total. The maximum atomic E-state index is 14.8. The number of benzene rings is 2. The van der Waals surface area contributed by atoms with Gasteiger partial charge in [-0.25, -0.2) is 17.8 Å². The number of aryl methyl sites for hydroxylation is 1. The lowest BCUT2D eigenvalue weighted by atomic mass is 10.0. The van der Waals surface area contributed by atoms with E-state index in [1.165, 1.54) is 40.8 Å². The Kier molecular flexibility index (Phi) is 10.7. The number of pyridine rings is 1. The zero-order chi connectivity index (χ0) is 43.5. The number of hydrogen-bond donors (Lipinski definition) is 3. The predicted octanol–water partition coefficient (Wildman–Crippen LogP) is 4.70. The zero-order valence-corrected chi connectivity index (χ0v) is 33.9. The Balaban J connectivity index is 1.14. The van der Waals surface area contributed by atoms with E-state index in [0.717, 1.165) is 18.2 Å². The van der Waals surface area contributed by atoms with Crippen molar-refractivity contribution < 1.29 is 54.6 Å². The number of sulfonamides is 1. The Morgan fingerprint density at radius 1 is 1.02 bits per heavy atom. The molecule has 4 aliphatic rings. The summed E-state index contributed by atoms with van der Waals surface area (Å²) in [4.78, 5) is 62.2. The highest BCUT2D eigenvalue weighted by Gasteiger charge is 2.63. The second-order valence-electron chi connectivity index (χ2n) is 16.4. The van der Waals surface area contributed by atoms with E-state index in [4.69, 9.17) is 4.74 Å². The number of ether oxygens (including phenoxy) is 2. The number of carbonyl (C=O) groups is 4. The van der Waals surface area contributed by atoms with Crippen LogP contribution in [0.5, 0.6) is 11.6 Å². The molecule has 5 atom stereocenters. The van der Waals surface area contributed by atoms with Crippen molar-refractivity contribution in [1.29, 1.82) is 0 Å². The van der Waals surface area contributed by atoms with Crippen molar-refractivity contribution in [3.8, 4) is 11.6 Å². The predicted molar refractivity (Wildman–Crippen MR) is 211 cm³/mol. The van der Waals surface area contributed by atoms with Gasteiger partial charge in [0.2, 0.25) is 27.7 Å². The quantitative estimate of drug-likeness (QED) is 0.127. The normalized spacial score (nSPS) is 26.0. The number of nitrogens with one attached hydrogen (secondary N) is 3. The van der Waals surface area contributed by atoms with E-state index in [1.807, 2.05) is 6.08 Å². The number of hydrogen-bond acceptors (Lipinski definition) is 10. The summed E-state index contributed by atoms with van der Waals surface area (Å²) < 4.78 is 93.6. The molecule has 2 aliphatic carbocycles. The lowest BCUT2D eigenvalue weighted by molar-refractivity contribution is -0.274. The first-order valence-corrected chi connectivity index (χ1v) is 21.4. The van der Waals surface area contributed by atoms with Crippen LogP contribution in [0.4, 0.5) is 17.6 Å². The van der Waals surface area contributed by atoms with Crippen LogP contribution in [-0.2, 0) is 31.5 Å². The molecule has 3 fully saturated rings. The Morgan fingerprint density at radius 3 is 2.51 bits per heavy atom. The Morgan fingerprint density at radius 2 is 1.79 bits per heavy atom. The lowest BCUT2D eigenvalue weighted by Crippen LogP contribution is -2.58. The minimum Gasteiger partial charge on any atom is -0.472 e. The van der Waals surface area contributed by atoms with E-state index < -0.39 is 86.0 Å². The number of alkyl halides is 3. The van der Waals surface area contributed by atoms with Gasteiger partial charge >= 0.3 is 6.36 Å². The van der Waals surface area contributed by atoms with Gasteiger partial charge in [-0.2, -0.15) is 5.10 Å². The summed E-state index contributed by atoms with van der Waals surface area (Å²) in [5, 5.41) is 10.6. The van der Waals surface area contributed by atoms with Crippen molar-refractivity contribution in [1.82, 2.24) is 35.0 Å². The van der Waals surface area contributed by atoms with Crippen molar-refractivity contribution in [2.75, 3.05) is 6.54 Å². The van der Waals surface area contributed by atoms with Gasteiger partial charge in [0.25, 0.3) is 11.8 Å². The Bertz CT molecular complexity index is 2580. The number of fused-ring (bicyclic) bond motifs is 5. The van der Waals surface area contributed by atoms with Gasteiger partial charge in [0.1, 0.15) is 41.0 Å². The van der Waals surface area contributed by atoms with E-state index in [0.29, 0.717) is 49.3 Å². The van der Waals surface area contributed by atoms with Crippen LogP contribution in [0.3, 0.4) is 0 Å². The maximum Gasteiger partial charge on any atom is 0.573 e. The molecule has 0 unspecified atom stereocenters. The fraction of sp³-hybridized carbons (Fsp3) is 0.463. The maximum absolute atomic E-state index is 14.8. The van der Waals surface area contributed by atoms with E-state index >= 15 is 0 Å². The van der Waals surface area contributed by atoms with Crippen LogP contribution in [0.1, 0.15) is 75.2 Å². The van der Waals surface area contributed by atoms with Crippen LogP contribution in [-0.4, -0.2) is 93.1 Å². The molecule has 1 saturated heterocycles. The molecule has 2 aromatic heterocycles. The Hall–Kier alpha value is -5.79. The van der Waals surface area contributed by atoms with Crippen LogP contribution in [0.25, 0.3) is 21.7 Å². The molecule has 2 aromatic carbocycles.